The molecule has 19 heavy (non-hydrogen) atoms. The van der Waals surface area contributed by atoms with Crippen molar-refractivity contribution in [3.8, 4) is 0 Å². The molecule has 0 unspecified atom stereocenters. The van der Waals surface area contributed by atoms with Crippen molar-refractivity contribution in [2.24, 2.45) is 0 Å². The van der Waals surface area contributed by atoms with Crippen LogP contribution in [0, 0.1) is 0 Å². The van der Waals surface area contributed by atoms with Crippen LogP contribution in [0.1, 0.15) is 31.2 Å². The average Bonchev–Trinajstić information content (AvgIpc) is 2.42. The minimum absolute atomic E-state index is 0.0562. The van der Waals surface area contributed by atoms with Crippen LogP contribution in [0.15, 0.2) is 24.3 Å². The second-order valence-corrected chi connectivity index (χ2v) is 5.81. The van der Waals surface area contributed by atoms with E-state index in [1.165, 1.54) is 37.9 Å². The lowest BCUT2D eigenvalue weighted by Crippen LogP contribution is -2.29. The number of piperidine rings is 1. The van der Waals surface area contributed by atoms with Gasteiger partial charge in [0.25, 0.3) is 0 Å². The van der Waals surface area contributed by atoms with E-state index < -0.39 is 0 Å². The molecule has 1 aliphatic rings. The minimum Gasteiger partial charge on any atom is -0.326 e. The van der Waals surface area contributed by atoms with Gasteiger partial charge in [-0.1, -0.05) is 34.5 Å². The molecule has 0 spiro atoms. The van der Waals surface area contributed by atoms with E-state index in [0.717, 1.165) is 12.2 Å². The van der Waals surface area contributed by atoms with E-state index in [1.54, 1.807) is 0 Å². The molecule has 1 aromatic carbocycles. The standard InChI is InChI=1S/C15H21BrN2O/c16-9-8-15(19)17-14-6-4-13(5-7-14)12-18-10-2-1-3-11-18/h4-7H,1-3,8-12H2,(H,17,19). The molecule has 1 aromatic rings. The third-order valence-corrected chi connectivity index (χ3v) is 3.81. The molecule has 3 nitrogen and oxygen atoms in total. The molecule has 104 valence electrons. The van der Waals surface area contributed by atoms with Gasteiger partial charge < -0.3 is 5.32 Å². The van der Waals surface area contributed by atoms with Gasteiger partial charge in [-0.2, -0.15) is 0 Å². The van der Waals surface area contributed by atoms with E-state index in [-0.39, 0.29) is 5.91 Å². The summed E-state index contributed by atoms with van der Waals surface area (Å²) in [7, 11) is 0. The zero-order chi connectivity index (χ0) is 13.5. The second kappa shape index (κ2) is 7.65. The molecule has 2 rings (SSSR count). The molecule has 4 heteroatoms. The maximum atomic E-state index is 11.5. The zero-order valence-electron chi connectivity index (χ0n) is 11.2. The van der Waals surface area contributed by atoms with Crippen molar-refractivity contribution in [2.45, 2.75) is 32.2 Å². The van der Waals surface area contributed by atoms with Crippen LogP contribution in [0.2, 0.25) is 0 Å². The smallest absolute Gasteiger partial charge is 0.225 e. The molecule has 0 radical (unpaired) electrons. The van der Waals surface area contributed by atoms with Crippen molar-refractivity contribution >= 4 is 27.5 Å². The molecule has 0 aromatic heterocycles. The summed E-state index contributed by atoms with van der Waals surface area (Å²) in [5.74, 6) is 0.0562. The Kier molecular flexibility index (Phi) is 5.86. The quantitative estimate of drug-likeness (QED) is 0.842. The van der Waals surface area contributed by atoms with Gasteiger partial charge in [-0.05, 0) is 43.6 Å². The van der Waals surface area contributed by atoms with Crippen molar-refractivity contribution in [3.05, 3.63) is 29.8 Å². The summed E-state index contributed by atoms with van der Waals surface area (Å²) >= 11 is 3.26. The number of halogens is 1. The van der Waals surface area contributed by atoms with E-state index in [9.17, 15) is 4.79 Å². The van der Waals surface area contributed by atoms with Crippen molar-refractivity contribution in [1.82, 2.24) is 4.90 Å². The van der Waals surface area contributed by atoms with Crippen LogP contribution in [-0.2, 0) is 11.3 Å². The predicted molar refractivity (Wildman–Crippen MR) is 82.6 cm³/mol. The zero-order valence-corrected chi connectivity index (χ0v) is 12.8. The van der Waals surface area contributed by atoms with Gasteiger partial charge in [-0.25, -0.2) is 0 Å². The molecule has 1 fully saturated rings. The van der Waals surface area contributed by atoms with E-state index in [1.807, 2.05) is 12.1 Å². The van der Waals surface area contributed by atoms with Crippen LogP contribution in [-0.4, -0.2) is 29.2 Å². The normalized spacial score (nSPS) is 16.3. The molecule has 1 N–H and O–H groups in total. The maximum Gasteiger partial charge on any atom is 0.225 e. The highest BCUT2D eigenvalue weighted by Gasteiger charge is 2.10. The Morgan fingerprint density at radius 2 is 1.84 bits per heavy atom. The lowest BCUT2D eigenvalue weighted by Gasteiger charge is -2.26. The van der Waals surface area contributed by atoms with Gasteiger partial charge in [0.1, 0.15) is 0 Å². The first-order valence-corrected chi connectivity index (χ1v) is 8.07. The Labute approximate surface area is 123 Å². The number of alkyl halides is 1. The van der Waals surface area contributed by atoms with Gasteiger partial charge in [0.15, 0.2) is 0 Å². The number of benzene rings is 1. The van der Waals surface area contributed by atoms with Gasteiger partial charge in [-0.15, -0.1) is 0 Å². The SMILES string of the molecule is O=C(CCBr)Nc1ccc(CN2CCCCC2)cc1. The highest BCUT2D eigenvalue weighted by Crippen LogP contribution is 2.15. The monoisotopic (exact) mass is 324 g/mol. The lowest BCUT2D eigenvalue weighted by molar-refractivity contribution is -0.115. The Balaban J connectivity index is 1.85. The molecular weight excluding hydrogens is 304 g/mol. The van der Waals surface area contributed by atoms with E-state index in [4.69, 9.17) is 0 Å². The topological polar surface area (TPSA) is 32.3 Å². The highest BCUT2D eigenvalue weighted by molar-refractivity contribution is 9.09. The first kappa shape index (κ1) is 14.5. The first-order valence-electron chi connectivity index (χ1n) is 6.95. The number of nitrogens with zero attached hydrogens (tertiary/aromatic N) is 1. The van der Waals surface area contributed by atoms with Crippen LogP contribution in [0.4, 0.5) is 5.69 Å². The number of likely N-dealkylation sites (tertiary alicyclic amines) is 1. The van der Waals surface area contributed by atoms with E-state index >= 15 is 0 Å². The van der Waals surface area contributed by atoms with Gasteiger partial charge in [0.2, 0.25) is 5.91 Å². The Hall–Kier alpha value is -0.870. The molecular formula is C15H21BrN2O. The number of hydrogen-bond donors (Lipinski definition) is 1. The number of rotatable bonds is 5. The van der Waals surface area contributed by atoms with E-state index in [0.29, 0.717) is 11.8 Å². The summed E-state index contributed by atoms with van der Waals surface area (Å²) in [4.78, 5) is 14.0. The molecule has 0 atom stereocenters. The Morgan fingerprint density at radius 1 is 1.16 bits per heavy atom. The van der Waals surface area contributed by atoms with Crippen molar-refractivity contribution < 1.29 is 4.79 Å². The highest BCUT2D eigenvalue weighted by atomic mass is 79.9. The molecule has 1 saturated heterocycles. The number of carbonyl (C=O) groups is 1. The Bertz CT molecular complexity index is 399. The van der Waals surface area contributed by atoms with Gasteiger partial charge in [-0.3, -0.25) is 9.69 Å². The fourth-order valence-electron chi connectivity index (χ4n) is 2.38. The summed E-state index contributed by atoms with van der Waals surface area (Å²) in [6.45, 7) is 3.45. The third-order valence-electron chi connectivity index (χ3n) is 3.41. The summed E-state index contributed by atoms with van der Waals surface area (Å²) in [6.07, 6.45) is 4.52. The predicted octanol–water partition coefficient (Wildman–Crippen LogP) is 3.40. The third kappa shape index (κ3) is 4.96. The fourth-order valence-corrected chi connectivity index (χ4v) is 2.74. The van der Waals surface area contributed by atoms with Gasteiger partial charge >= 0.3 is 0 Å². The molecule has 1 aliphatic heterocycles. The average molecular weight is 325 g/mol. The van der Waals surface area contributed by atoms with Crippen LogP contribution in [0.25, 0.3) is 0 Å². The second-order valence-electron chi connectivity index (χ2n) is 5.02. The van der Waals surface area contributed by atoms with Gasteiger partial charge in [0, 0.05) is 24.0 Å². The van der Waals surface area contributed by atoms with Crippen LogP contribution < -0.4 is 5.32 Å². The summed E-state index contributed by atoms with van der Waals surface area (Å²) in [5, 5.41) is 3.59. The summed E-state index contributed by atoms with van der Waals surface area (Å²) < 4.78 is 0. The Morgan fingerprint density at radius 3 is 2.47 bits per heavy atom. The van der Waals surface area contributed by atoms with Crippen molar-refractivity contribution in [2.75, 3.05) is 23.7 Å². The van der Waals surface area contributed by atoms with Crippen molar-refractivity contribution in [1.29, 1.82) is 0 Å². The fraction of sp³-hybridized carbons (Fsp3) is 0.533. The molecule has 0 saturated carbocycles. The maximum absolute atomic E-state index is 11.5. The number of anilines is 1. The summed E-state index contributed by atoms with van der Waals surface area (Å²) in [5.41, 5.74) is 2.20. The molecule has 1 amide bonds. The molecule has 0 aliphatic carbocycles. The number of hydrogen-bond acceptors (Lipinski definition) is 2. The molecule has 1 heterocycles. The minimum atomic E-state index is 0.0562. The van der Waals surface area contributed by atoms with Gasteiger partial charge in [0.05, 0.1) is 0 Å². The number of nitrogens with one attached hydrogen (secondary N) is 1. The van der Waals surface area contributed by atoms with Crippen molar-refractivity contribution in [3.63, 3.8) is 0 Å². The van der Waals surface area contributed by atoms with E-state index in [2.05, 4.69) is 38.3 Å². The number of amides is 1. The lowest BCUT2D eigenvalue weighted by atomic mass is 10.1. The number of carbonyl (C=O) groups excluding carboxylic acids is 1. The molecule has 0 bridgehead atoms. The van der Waals surface area contributed by atoms with Crippen LogP contribution >= 0.6 is 15.9 Å². The van der Waals surface area contributed by atoms with Crippen LogP contribution in [0.5, 0.6) is 0 Å². The van der Waals surface area contributed by atoms with Crippen LogP contribution in [0.3, 0.4) is 0 Å². The summed E-state index contributed by atoms with van der Waals surface area (Å²) in [6, 6.07) is 8.20. The first-order chi connectivity index (χ1) is 9.28. The largest absolute Gasteiger partial charge is 0.326 e.